The number of aliphatic hydroxyl groups is 1. The maximum Gasteiger partial charge on any atom is 0.268 e. The number of carbonyl (C=O) groups is 2. The van der Waals surface area contributed by atoms with Crippen molar-refractivity contribution in [1.29, 1.82) is 0 Å². The Labute approximate surface area is 190 Å². The molecular weight excluding hydrogens is 430 g/mol. The molecule has 1 aliphatic heterocycles. The molecule has 3 rings (SSSR count). The summed E-state index contributed by atoms with van der Waals surface area (Å²) in [4.78, 5) is 35.0. The van der Waals surface area contributed by atoms with Gasteiger partial charge in [-0.25, -0.2) is 5.06 Å². The third-order valence-corrected chi connectivity index (χ3v) is 5.31. The van der Waals surface area contributed by atoms with Crippen LogP contribution in [0.15, 0.2) is 47.6 Å². The molecule has 1 N–H and O–H groups in total. The van der Waals surface area contributed by atoms with E-state index in [1.165, 1.54) is 38.3 Å². The van der Waals surface area contributed by atoms with Crippen molar-refractivity contribution in [3.63, 3.8) is 0 Å². The van der Waals surface area contributed by atoms with E-state index in [1.54, 1.807) is 0 Å². The Morgan fingerprint density at radius 3 is 2.61 bits per heavy atom. The Kier molecular flexibility index (Phi) is 7.73. The highest BCUT2D eigenvalue weighted by atomic mass is 16.7. The van der Waals surface area contributed by atoms with Gasteiger partial charge in [-0.15, -0.1) is 0 Å². The lowest BCUT2D eigenvalue weighted by Gasteiger charge is -2.27. The second-order valence-corrected chi connectivity index (χ2v) is 7.37. The molecule has 0 aromatic heterocycles. The molecule has 1 saturated heterocycles. The first-order valence-corrected chi connectivity index (χ1v) is 10.1. The first-order chi connectivity index (χ1) is 15.9. The minimum Gasteiger partial charge on any atom is -0.493 e. The second kappa shape index (κ2) is 10.7. The fourth-order valence-corrected chi connectivity index (χ4v) is 3.59. The molecule has 2 atom stereocenters. The predicted molar refractivity (Wildman–Crippen MR) is 118 cm³/mol. The lowest BCUT2D eigenvalue weighted by Crippen LogP contribution is -2.46. The summed E-state index contributed by atoms with van der Waals surface area (Å²) in [6.45, 7) is 0.176. The molecule has 0 bridgehead atoms. The first-order valence-electron chi connectivity index (χ1n) is 10.1. The highest BCUT2D eigenvalue weighted by Gasteiger charge is 2.41. The molecule has 0 radical (unpaired) electrons. The van der Waals surface area contributed by atoms with Gasteiger partial charge in [0, 0.05) is 24.9 Å². The lowest BCUT2D eigenvalue weighted by atomic mass is 10.1. The standard InChI is InChI=1S/C22H25N5O6/c1-26(32-3)22(30)18-9-15(28)12-27(18)21(29)16-10-19(31-2)20(11-17(16)24-25-23)33-13-14-7-5-4-6-8-14/h4-8,10-11,15,18,28H,9,12-13H2,1-3H3/t15-,18+/m1/s1. The molecule has 11 nitrogen and oxygen atoms in total. The number of hydroxylamine groups is 2. The van der Waals surface area contributed by atoms with Crippen molar-refractivity contribution < 1.29 is 29.0 Å². The van der Waals surface area contributed by atoms with Gasteiger partial charge in [0.2, 0.25) is 0 Å². The molecule has 1 heterocycles. The minimum atomic E-state index is -0.934. The fraction of sp³-hybridized carbons (Fsp3) is 0.364. The van der Waals surface area contributed by atoms with Gasteiger partial charge in [-0.05, 0) is 23.2 Å². The normalized spacial score (nSPS) is 17.3. The van der Waals surface area contributed by atoms with E-state index in [2.05, 4.69) is 10.0 Å². The molecule has 1 aliphatic rings. The first kappa shape index (κ1) is 23.9. The zero-order valence-corrected chi connectivity index (χ0v) is 18.5. The summed E-state index contributed by atoms with van der Waals surface area (Å²) in [7, 11) is 4.17. The van der Waals surface area contributed by atoms with Gasteiger partial charge in [0.25, 0.3) is 11.8 Å². The highest BCUT2D eigenvalue weighted by molar-refractivity contribution is 6.02. The van der Waals surface area contributed by atoms with E-state index in [-0.39, 0.29) is 42.3 Å². The second-order valence-electron chi connectivity index (χ2n) is 7.37. The Morgan fingerprint density at radius 2 is 1.97 bits per heavy atom. The number of ether oxygens (including phenoxy) is 2. The van der Waals surface area contributed by atoms with Gasteiger partial charge in [-0.2, -0.15) is 0 Å². The number of β-amino-alcohol motifs (C(OH)–C–C–N with tert-alkyl or cyclic N) is 1. The summed E-state index contributed by atoms with van der Waals surface area (Å²) in [5, 5.41) is 14.8. The fourth-order valence-electron chi connectivity index (χ4n) is 3.59. The number of likely N-dealkylation sites (tertiary alicyclic amines) is 1. The number of aliphatic hydroxyl groups excluding tert-OH is 1. The van der Waals surface area contributed by atoms with E-state index >= 15 is 0 Å². The van der Waals surface area contributed by atoms with Crippen molar-refractivity contribution >= 4 is 17.5 Å². The summed E-state index contributed by atoms with van der Waals surface area (Å²) in [6, 6.07) is 11.3. The van der Waals surface area contributed by atoms with Crippen molar-refractivity contribution in [1.82, 2.24) is 9.96 Å². The van der Waals surface area contributed by atoms with Gasteiger partial charge < -0.3 is 19.5 Å². The number of benzene rings is 2. The van der Waals surface area contributed by atoms with Gasteiger partial charge in [-0.3, -0.25) is 14.4 Å². The quantitative estimate of drug-likeness (QED) is 0.281. The number of likely N-dealkylation sites (N-methyl/N-ethyl adjacent to an activating group) is 1. The number of rotatable bonds is 8. The van der Waals surface area contributed by atoms with Gasteiger partial charge in [0.15, 0.2) is 11.5 Å². The molecule has 11 heteroatoms. The Balaban J connectivity index is 1.94. The molecule has 0 spiro atoms. The van der Waals surface area contributed by atoms with E-state index in [4.69, 9.17) is 19.8 Å². The maximum absolute atomic E-state index is 13.4. The third kappa shape index (κ3) is 5.35. The van der Waals surface area contributed by atoms with Crippen LogP contribution in [0.25, 0.3) is 10.4 Å². The Bertz CT molecular complexity index is 1060. The number of nitrogens with zero attached hydrogens (tertiary/aromatic N) is 5. The zero-order chi connectivity index (χ0) is 24.0. The number of hydrogen-bond acceptors (Lipinski definition) is 7. The van der Waals surface area contributed by atoms with Crippen LogP contribution >= 0.6 is 0 Å². The van der Waals surface area contributed by atoms with E-state index in [1.807, 2.05) is 30.3 Å². The molecule has 0 aliphatic carbocycles. The highest BCUT2D eigenvalue weighted by Crippen LogP contribution is 2.37. The van der Waals surface area contributed by atoms with Crippen LogP contribution in [0.5, 0.6) is 11.5 Å². The SMILES string of the molecule is COc1cc(C(=O)N2C[C@H](O)C[C@H]2C(=O)N(C)OC)c(N=[N+]=[N-])cc1OCc1ccccc1. The average molecular weight is 455 g/mol. The summed E-state index contributed by atoms with van der Waals surface area (Å²) < 4.78 is 11.2. The number of methoxy groups -OCH3 is 1. The van der Waals surface area contributed by atoms with E-state index in [0.717, 1.165) is 10.6 Å². The number of amides is 2. The number of azide groups is 1. The molecule has 0 unspecified atom stereocenters. The van der Waals surface area contributed by atoms with Gasteiger partial charge in [0.1, 0.15) is 12.6 Å². The van der Waals surface area contributed by atoms with Crippen molar-refractivity contribution in [2.75, 3.05) is 27.8 Å². The summed E-state index contributed by atoms with van der Waals surface area (Å²) in [5.74, 6) is -0.538. The van der Waals surface area contributed by atoms with Crippen LogP contribution in [-0.4, -0.2) is 66.8 Å². The van der Waals surface area contributed by atoms with Crippen LogP contribution in [-0.2, 0) is 16.2 Å². The van der Waals surface area contributed by atoms with E-state index in [9.17, 15) is 14.7 Å². The average Bonchev–Trinajstić information content (AvgIpc) is 3.23. The van der Waals surface area contributed by atoms with Crippen LogP contribution in [0.3, 0.4) is 0 Å². The molecular formula is C22H25N5O6. The topological polar surface area (TPSA) is 137 Å². The monoisotopic (exact) mass is 455 g/mol. The van der Waals surface area contributed by atoms with Crippen molar-refractivity contribution in [2.45, 2.75) is 25.2 Å². The smallest absolute Gasteiger partial charge is 0.268 e. The van der Waals surface area contributed by atoms with Crippen LogP contribution in [0.2, 0.25) is 0 Å². The molecule has 33 heavy (non-hydrogen) atoms. The molecule has 2 amide bonds. The van der Waals surface area contributed by atoms with Gasteiger partial charge in [0.05, 0.1) is 31.6 Å². The van der Waals surface area contributed by atoms with Crippen LogP contribution < -0.4 is 9.47 Å². The van der Waals surface area contributed by atoms with Crippen LogP contribution in [0.1, 0.15) is 22.3 Å². The molecule has 0 saturated carbocycles. The van der Waals surface area contributed by atoms with Crippen molar-refractivity contribution in [3.05, 3.63) is 64.0 Å². The third-order valence-electron chi connectivity index (χ3n) is 5.31. The summed E-state index contributed by atoms with van der Waals surface area (Å²) in [6.07, 6.45) is -0.823. The maximum atomic E-state index is 13.4. The van der Waals surface area contributed by atoms with Gasteiger partial charge >= 0.3 is 0 Å². The number of carbonyl (C=O) groups excluding carboxylic acids is 2. The van der Waals surface area contributed by atoms with Crippen LogP contribution in [0.4, 0.5) is 5.69 Å². The largest absolute Gasteiger partial charge is 0.493 e. The van der Waals surface area contributed by atoms with Gasteiger partial charge in [-0.1, -0.05) is 35.4 Å². The predicted octanol–water partition coefficient (Wildman–Crippen LogP) is 2.81. The molecule has 2 aromatic rings. The lowest BCUT2D eigenvalue weighted by molar-refractivity contribution is -0.172. The van der Waals surface area contributed by atoms with E-state index in [0.29, 0.717) is 0 Å². The van der Waals surface area contributed by atoms with Crippen molar-refractivity contribution in [2.24, 2.45) is 5.11 Å². The Hall–Kier alpha value is -3.79. The number of hydrogen-bond donors (Lipinski definition) is 1. The molecule has 174 valence electrons. The molecule has 2 aromatic carbocycles. The Morgan fingerprint density at radius 1 is 1.24 bits per heavy atom. The molecule has 1 fully saturated rings. The zero-order valence-electron chi connectivity index (χ0n) is 18.5. The van der Waals surface area contributed by atoms with E-state index < -0.39 is 24.0 Å². The minimum absolute atomic E-state index is 0.0130. The van der Waals surface area contributed by atoms with Crippen molar-refractivity contribution in [3.8, 4) is 11.5 Å². The summed E-state index contributed by atoms with van der Waals surface area (Å²) in [5.41, 5.74) is 9.99. The van der Waals surface area contributed by atoms with Crippen LogP contribution in [0, 0.1) is 0 Å². The summed E-state index contributed by atoms with van der Waals surface area (Å²) >= 11 is 0.